The van der Waals surface area contributed by atoms with Crippen molar-refractivity contribution in [1.82, 2.24) is 4.98 Å². The normalized spacial score (nSPS) is 17.6. The first kappa shape index (κ1) is 17.6. The van der Waals surface area contributed by atoms with Gasteiger partial charge in [0, 0.05) is 38.2 Å². The van der Waals surface area contributed by atoms with E-state index in [1.54, 1.807) is 6.20 Å². The van der Waals surface area contributed by atoms with Crippen molar-refractivity contribution in [3.8, 4) is 0 Å². The molecule has 1 fully saturated rings. The van der Waals surface area contributed by atoms with Gasteiger partial charge in [0.25, 0.3) is 0 Å². The van der Waals surface area contributed by atoms with Crippen molar-refractivity contribution < 1.29 is 13.3 Å². The van der Waals surface area contributed by atoms with Gasteiger partial charge in [-0.3, -0.25) is 10.1 Å². The molecule has 1 atom stereocenters. The standard InChI is InChI=1S/C15H18N4O4S2/c1-25(22,23)14-8-12(19(20)21)15(24-14)18-7-5-11(10-18)9-17-13-4-2-3-6-16-13/h2-4,6,8,11H,5,7,9-10H2,1H3,(H,16,17). The largest absolute Gasteiger partial charge is 0.370 e. The Kier molecular flexibility index (Phi) is 4.91. The Balaban J connectivity index is 1.71. The Morgan fingerprint density at radius 2 is 2.28 bits per heavy atom. The van der Waals surface area contributed by atoms with Gasteiger partial charge in [-0.15, -0.1) is 0 Å². The van der Waals surface area contributed by atoms with E-state index in [4.69, 9.17) is 0 Å². The molecule has 3 rings (SSSR count). The van der Waals surface area contributed by atoms with Crippen molar-refractivity contribution >= 4 is 37.7 Å². The van der Waals surface area contributed by atoms with Gasteiger partial charge in [0.1, 0.15) is 10.0 Å². The monoisotopic (exact) mass is 382 g/mol. The van der Waals surface area contributed by atoms with E-state index in [1.807, 2.05) is 23.1 Å². The highest BCUT2D eigenvalue weighted by molar-refractivity contribution is 7.92. The maximum Gasteiger partial charge on any atom is 0.305 e. The van der Waals surface area contributed by atoms with Crippen molar-refractivity contribution in [2.75, 3.05) is 36.1 Å². The molecule has 134 valence electrons. The molecule has 1 aliphatic heterocycles. The van der Waals surface area contributed by atoms with Crippen LogP contribution in [0.1, 0.15) is 6.42 Å². The second-order valence-electron chi connectivity index (χ2n) is 5.98. The van der Waals surface area contributed by atoms with Gasteiger partial charge in [-0.2, -0.15) is 0 Å². The summed E-state index contributed by atoms with van der Waals surface area (Å²) in [6.07, 6.45) is 3.66. The van der Waals surface area contributed by atoms with Crippen molar-refractivity contribution in [2.45, 2.75) is 10.6 Å². The molecule has 0 saturated carbocycles. The van der Waals surface area contributed by atoms with Gasteiger partial charge in [0.15, 0.2) is 14.8 Å². The number of rotatable bonds is 6. The molecule has 0 bridgehead atoms. The molecule has 0 radical (unpaired) electrons. The topological polar surface area (TPSA) is 105 Å². The number of anilines is 2. The van der Waals surface area contributed by atoms with E-state index in [2.05, 4.69) is 10.3 Å². The van der Waals surface area contributed by atoms with Crippen LogP contribution in [0.15, 0.2) is 34.7 Å². The van der Waals surface area contributed by atoms with Gasteiger partial charge in [0.2, 0.25) is 0 Å². The van der Waals surface area contributed by atoms with Crippen LogP contribution in [0.3, 0.4) is 0 Å². The van der Waals surface area contributed by atoms with Crippen LogP contribution in [0.5, 0.6) is 0 Å². The highest BCUT2D eigenvalue weighted by Crippen LogP contribution is 2.41. The summed E-state index contributed by atoms with van der Waals surface area (Å²) < 4.78 is 23.5. The highest BCUT2D eigenvalue weighted by atomic mass is 32.2. The van der Waals surface area contributed by atoms with Crippen molar-refractivity contribution in [1.29, 1.82) is 0 Å². The van der Waals surface area contributed by atoms with Crippen LogP contribution in [0, 0.1) is 16.0 Å². The average Bonchev–Trinajstić information content (AvgIpc) is 3.20. The third-order valence-corrected chi connectivity index (χ3v) is 7.03. The third kappa shape index (κ3) is 4.07. The number of hydrogen-bond donors (Lipinski definition) is 1. The first-order chi connectivity index (χ1) is 11.8. The SMILES string of the molecule is CS(=O)(=O)c1cc([N+](=O)[O-])c(N2CCC(CNc3ccccn3)C2)s1. The van der Waals surface area contributed by atoms with Gasteiger partial charge in [0.05, 0.1) is 4.92 Å². The second-order valence-corrected chi connectivity index (χ2v) is 9.25. The molecule has 0 amide bonds. The fourth-order valence-electron chi connectivity index (χ4n) is 2.79. The van der Waals surface area contributed by atoms with Crippen molar-refractivity contribution in [2.24, 2.45) is 5.92 Å². The predicted octanol–water partition coefficient (Wildman–Crippen LogP) is 2.39. The molecular formula is C15H18N4O4S2. The number of nitro groups is 1. The molecule has 0 aromatic carbocycles. The zero-order valence-electron chi connectivity index (χ0n) is 13.6. The van der Waals surface area contributed by atoms with Crippen molar-refractivity contribution in [3.05, 3.63) is 40.6 Å². The molecule has 10 heteroatoms. The van der Waals surface area contributed by atoms with Gasteiger partial charge in [-0.25, -0.2) is 13.4 Å². The molecule has 1 unspecified atom stereocenters. The van der Waals surface area contributed by atoms with Crippen molar-refractivity contribution in [3.63, 3.8) is 0 Å². The molecule has 0 aliphatic carbocycles. The first-order valence-electron chi connectivity index (χ1n) is 7.72. The van der Waals surface area contributed by atoms with E-state index >= 15 is 0 Å². The molecule has 1 saturated heterocycles. The number of pyridine rings is 1. The smallest absolute Gasteiger partial charge is 0.305 e. The lowest BCUT2D eigenvalue weighted by Gasteiger charge is -2.16. The van der Waals surface area contributed by atoms with E-state index < -0.39 is 14.8 Å². The Morgan fingerprint density at radius 3 is 2.92 bits per heavy atom. The van der Waals surface area contributed by atoms with Crippen LogP contribution in [0.4, 0.5) is 16.5 Å². The number of aromatic nitrogens is 1. The van der Waals surface area contributed by atoms with Crippen LogP contribution in [0.25, 0.3) is 0 Å². The molecule has 2 aromatic heterocycles. The number of nitrogens with one attached hydrogen (secondary N) is 1. The van der Waals surface area contributed by atoms with Crippen LogP contribution in [0.2, 0.25) is 0 Å². The van der Waals surface area contributed by atoms with Gasteiger partial charge in [-0.05, 0) is 24.5 Å². The number of sulfone groups is 1. The lowest BCUT2D eigenvalue weighted by atomic mass is 10.1. The summed E-state index contributed by atoms with van der Waals surface area (Å²) in [5.41, 5.74) is -0.135. The number of thiophene rings is 1. The van der Waals surface area contributed by atoms with E-state index in [-0.39, 0.29) is 9.90 Å². The second kappa shape index (κ2) is 6.96. The Labute approximate surface area is 149 Å². The molecule has 3 heterocycles. The maximum atomic E-state index is 11.7. The molecule has 25 heavy (non-hydrogen) atoms. The fraction of sp³-hybridized carbons (Fsp3) is 0.400. The lowest BCUT2D eigenvalue weighted by molar-refractivity contribution is -0.383. The minimum atomic E-state index is -3.46. The third-order valence-electron chi connectivity index (χ3n) is 4.04. The minimum absolute atomic E-state index is 0.0317. The molecule has 1 aliphatic rings. The zero-order chi connectivity index (χ0) is 18.0. The van der Waals surface area contributed by atoms with Crippen LogP contribution >= 0.6 is 11.3 Å². The van der Waals surface area contributed by atoms with Gasteiger partial charge >= 0.3 is 5.69 Å². The summed E-state index contributed by atoms with van der Waals surface area (Å²) in [5, 5.41) is 15.0. The Hall–Kier alpha value is -2.20. The summed E-state index contributed by atoms with van der Waals surface area (Å²) in [6, 6.07) is 6.79. The molecule has 0 spiro atoms. The molecular weight excluding hydrogens is 364 g/mol. The first-order valence-corrected chi connectivity index (χ1v) is 10.4. The van der Waals surface area contributed by atoms with Crippen LogP contribution < -0.4 is 10.2 Å². The van der Waals surface area contributed by atoms with E-state index in [9.17, 15) is 18.5 Å². The summed E-state index contributed by atoms with van der Waals surface area (Å²) in [6.45, 7) is 2.02. The number of nitrogens with zero attached hydrogens (tertiary/aromatic N) is 3. The summed E-state index contributed by atoms with van der Waals surface area (Å²) in [5.74, 6) is 1.10. The molecule has 8 nitrogen and oxygen atoms in total. The fourth-order valence-corrected chi connectivity index (χ4v) is 4.85. The molecule has 1 N–H and O–H groups in total. The van der Waals surface area contributed by atoms with Crippen LogP contribution in [-0.2, 0) is 9.84 Å². The summed E-state index contributed by atoms with van der Waals surface area (Å²) in [4.78, 5) is 16.9. The average molecular weight is 382 g/mol. The summed E-state index contributed by atoms with van der Waals surface area (Å²) >= 11 is 0.972. The van der Waals surface area contributed by atoms with E-state index in [1.165, 1.54) is 0 Å². The Morgan fingerprint density at radius 1 is 1.48 bits per heavy atom. The number of hydrogen-bond acceptors (Lipinski definition) is 8. The predicted molar refractivity (Wildman–Crippen MR) is 97.1 cm³/mol. The Bertz CT molecular complexity index is 867. The summed E-state index contributed by atoms with van der Waals surface area (Å²) in [7, 11) is -3.46. The van der Waals surface area contributed by atoms with E-state index in [0.29, 0.717) is 30.6 Å². The minimum Gasteiger partial charge on any atom is -0.370 e. The zero-order valence-corrected chi connectivity index (χ0v) is 15.2. The quantitative estimate of drug-likeness (QED) is 0.604. The van der Waals surface area contributed by atoms with Gasteiger partial charge in [-0.1, -0.05) is 17.4 Å². The van der Waals surface area contributed by atoms with Crippen LogP contribution in [-0.4, -0.2) is 44.2 Å². The lowest BCUT2D eigenvalue weighted by Crippen LogP contribution is -2.22. The van der Waals surface area contributed by atoms with E-state index in [0.717, 1.165) is 35.9 Å². The highest BCUT2D eigenvalue weighted by Gasteiger charge is 2.31. The van der Waals surface area contributed by atoms with Gasteiger partial charge < -0.3 is 10.2 Å². The maximum absolute atomic E-state index is 11.7. The molecule has 2 aromatic rings.